The van der Waals surface area contributed by atoms with E-state index in [1.807, 2.05) is 37.3 Å². The maximum atomic E-state index is 12.1. The van der Waals surface area contributed by atoms with Crippen LogP contribution in [-0.2, 0) is 9.47 Å². The summed E-state index contributed by atoms with van der Waals surface area (Å²) < 4.78 is 10.1. The quantitative estimate of drug-likeness (QED) is 0.323. The molecule has 5 N–H and O–H groups in total. The number of hydrogen-bond donors (Lipinski definition) is 4. The monoisotopic (exact) mass is 371 g/mol. The van der Waals surface area contributed by atoms with Gasteiger partial charge in [0, 0.05) is 31.6 Å². The Morgan fingerprint density at radius 2 is 2.04 bits per heavy atom. The van der Waals surface area contributed by atoms with Crippen LogP contribution in [-0.4, -0.2) is 43.8 Å². The largest absolute Gasteiger partial charge is 0.475 e. The van der Waals surface area contributed by atoms with Crippen molar-refractivity contribution in [3.05, 3.63) is 53.7 Å². The molecule has 0 aliphatic heterocycles. The standard InChI is InChI=1S/C19H25N5O3/c1-13(14-6-4-3-5-7-14)11-23-19(25)24-17-10-16(20)15(12-22-17)18(21)27-9-8-26-2/h3-7,10,12-13,21H,8-9,11H2,1-2H3,(H4,20,22,23,24,25)/t13-/m1/s1. The number of ether oxygens (including phenoxy) is 2. The van der Waals surface area contributed by atoms with Crippen LogP contribution in [0.25, 0.3) is 0 Å². The van der Waals surface area contributed by atoms with Gasteiger partial charge in [-0.25, -0.2) is 9.78 Å². The summed E-state index contributed by atoms with van der Waals surface area (Å²) in [6.07, 6.45) is 1.40. The van der Waals surface area contributed by atoms with Crippen molar-refractivity contribution in [2.75, 3.05) is 37.9 Å². The molecule has 0 aliphatic carbocycles. The van der Waals surface area contributed by atoms with E-state index in [1.54, 1.807) is 7.11 Å². The van der Waals surface area contributed by atoms with Crippen LogP contribution in [0.1, 0.15) is 24.0 Å². The lowest BCUT2D eigenvalue weighted by atomic mass is 10.0. The lowest BCUT2D eigenvalue weighted by Crippen LogP contribution is -2.32. The molecule has 2 amide bonds. The van der Waals surface area contributed by atoms with Crippen LogP contribution >= 0.6 is 0 Å². The summed E-state index contributed by atoms with van der Waals surface area (Å²) in [6, 6.07) is 11.1. The van der Waals surface area contributed by atoms with Crippen LogP contribution in [0, 0.1) is 5.41 Å². The average molecular weight is 371 g/mol. The average Bonchev–Trinajstić information content (AvgIpc) is 2.67. The summed E-state index contributed by atoms with van der Waals surface area (Å²) in [5.41, 5.74) is 7.73. The fraction of sp³-hybridized carbons (Fsp3) is 0.316. The highest BCUT2D eigenvalue weighted by molar-refractivity contribution is 5.97. The van der Waals surface area contributed by atoms with Gasteiger partial charge in [0.15, 0.2) is 0 Å². The molecular formula is C19H25N5O3. The fourth-order valence-electron chi connectivity index (χ4n) is 2.34. The summed E-state index contributed by atoms with van der Waals surface area (Å²) in [5.74, 6) is 0.387. The van der Waals surface area contributed by atoms with Gasteiger partial charge in [-0.15, -0.1) is 0 Å². The van der Waals surface area contributed by atoms with E-state index in [9.17, 15) is 4.79 Å². The zero-order valence-corrected chi connectivity index (χ0v) is 15.5. The Labute approximate surface area is 158 Å². The van der Waals surface area contributed by atoms with Crippen LogP contribution in [0.3, 0.4) is 0 Å². The Morgan fingerprint density at radius 1 is 1.30 bits per heavy atom. The second kappa shape index (κ2) is 10.1. The van der Waals surface area contributed by atoms with Gasteiger partial charge < -0.3 is 20.5 Å². The van der Waals surface area contributed by atoms with Crippen LogP contribution in [0.2, 0.25) is 0 Å². The van der Waals surface area contributed by atoms with Crippen molar-refractivity contribution in [1.82, 2.24) is 10.3 Å². The molecule has 0 radical (unpaired) electrons. The third-order valence-electron chi connectivity index (χ3n) is 3.89. The lowest BCUT2D eigenvalue weighted by Gasteiger charge is -2.14. The number of benzene rings is 1. The third kappa shape index (κ3) is 6.27. The molecule has 8 heteroatoms. The minimum absolute atomic E-state index is 0.0928. The molecule has 2 rings (SSSR count). The Hall–Kier alpha value is -3.13. The summed E-state index contributed by atoms with van der Waals surface area (Å²) >= 11 is 0. The highest BCUT2D eigenvalue weighted by Crippen LogP contribution is 2.16. The number of nitrogen functional groups attached to an aromatic ring is 1. The first-order valence-electron chi connectivity index (χ1n) is 8.57. The Bertz CT molecular complexity index is 767. The molecule has 0 unspecified atom stereocenters. The predicted octanol–water partition coefficient (Wildman–Crippen LogP) is 2.58. The maximum Gasteiger partial charge on any atom is 0.320 e. The fourth-order valence-corrected chi connectivity index (χ4v) is 2.34. The van der Waals surface area contributed by atoms with Gasteiger partial charge >= 0.3 is 6.03 Å². The topological polar surface area (TPSA) is 122 Å². The molecule has 1 aromatic carbocycles. The van der Waals surface area contributed by atoms with Gasteiger partial charge in [0.25, 0.3) is 0 Å². The minimum atomic E-state index is -0.371. The molecule has 2 aromatic rings. The zero-order chi connectivity index (χ0) is 19.6. The van der Waals surface area contributed by atoms with Crippen molar-refractivity contribution in [3.63, 3.8) is 0 Å². The number of amides is 2. The SMILES string of the molecule is COCCOC(=N)c1cnc(NC(=O)NC[C@@H](C)c2ccccc2)cc1N. The minimum Gasteiger partial charge on any atom is -0.475 e. The van der Waals surface area contributed by atoms with E-state index in [1.165, 1.54) is 12.3 Å². The predicted molar refractivity (Wildman–Crippen MR) is 105 cm³/mol. The highest BCUT2D eigenvalue weighted by atomic mass is 16.5. The van der Waals surface area contributed by atoms with E-state index < -0.39 is 0 Å². The Balaban J connectivity index is 1.86. The summed E-state index contributed by atoms with van der Waals surface area (Å²) in [7, 11) is 1.55. The lowest BCUT2D eigenvalue weighted by molar-refractivity contribution is 0.141. The smallest absolute Gasteiger partial charge is 0.320 e. The molecule has 1 atom stereocenters. The number of anilines is 2. The van der Waals surface area contributed by atoms with E-state index in [2.05, 4.69) is 15.6 Å². The van der Waals surface area contributed by atoms with Crippen LogP contribution < -0.4 is 16.4 Å². The number of nitrogens with one attached hydrogen (secondary N) is 3. The Morgan fingerprint density at radius 3 is 2.70 bits per heavy atom. The first-order valence-corrected chi connectivity index (χ1v) is 8.57. The molecule has 0 spiro atoms. The number of urea groups is 1. The number of nitrogens with two attached hydrogens (primary N) is 1. The van der Waals surface area contributed by atoms with Crippen molar-refractivity contribution in [2.24, 2.45) is 0 Å². The van der Waals surface area contributed by atoms with E-state index in [0.29, 0.717) is 30.2 Å². The third-order valence-corrected chi connectivity index (χ3v) is 3.89. The molecule has 1 heterocycles. The van der Waals surface area contributed by atoms with Gasteiger partial charge in [-0.05, 0) is 11.5 Å². The molecule has 27 heavy (non-hydrogen) atoms. The summed E-state index contributed by atoms with van der Waals surface area (Å²) in [6.45, 7) is 3.14. The molecule has 1 aromatic heterocycles. The molecule has 0 saturated heterocycles. The number of carbonyl (C=O) groups is 1. The molecule has 0 aliphatic rings. The first-order chi connectivity index (χ1) is 13.0. The van der Waals surface area contributed by atoms with E-state index in [4.69, 9.17) is 20.6 Å². The first kappa shape index (κ1) is 20.2. The van der Waals surface area contributed by atoms with Gasteiger partial charge in [-0.3, -0.25) is 10.7 Å². The second-order valence-electron chi connectivity index (χ2n) is 5.97. The summed E-state index contributed by atoms with van der Waals surface area (Å²) in [4.78, 5) is 16.2. The van der Waals surface area contributed by atoms with Crippen LogP contribution in [0.5, 0.6) is 0 Å². The molecular weight excluding hydrogens is 346 g/mol. The zero-order valence-electron chi connectivity index (χ0n) is 15.5. The molecule has 8 nitrogen and oxygen atoms in total. The van der Waals surface area contributed by atoms with Gasteiger partial charge in [0.2, 0.25) is 5.90 Å². The van der Waals surface area contributed by atoms with Crippen molar-refractivity contribution in [2.45, 2.75) is 12.8 Å². The number of aromatic nitrogens is 1. The van der Waals surface area contributed by atoms with E-state index in [-0.39, 0.29) is 24.5 Å². The van der Waals surface area contributed by atoms with Crippen molar-refractivity contribution >= 4 is 23.4 Å². The van der Waals surface area contributed by atoms with Crippen molar-refractivity contribution < 1.29 is 14.3 Å². The van der Waals surface area contributed by atoms with Gasteiger partial charge in [-0.1, -0.05) is 37.3 Å². The summed E-state index contributed by atoms with van der Waals surface area (Å²) in [5, 5.41) is 13.3. The number of nitrogens with zero attached hydrogens (tertiary/aromatic N) is 1. The molecule has 0 saturated carbocycles. The normalized spacial score (nSPS) is 11.5. The van der Waals surface area contributed by atoms with Crippen molar-refractivity contribution in [1.29, 1.82) is 5.41 Å². The highest BCUT2D eigenvalue weighted by Gasteiger charge is 2.12. The second-order valence-corrected chi connectivity index (χ2v) is 5.97. The Kier molecular flexibility index (Phi) is 7.57. The van der Waals surface area contributed by atoms with E-state index >= 15 is 0 Å². The molecule has 144 valence electrons. The number of pyridine rings is 1. The maximum absolute atomic E-state index is 12.1. The number of carbonyl (C=O) groups excluding carboxylic acids is 1. The number of hydrogen-bond acceptors (Lipinski definition) is 6. The van der Waals surface area contributed by atoms with Crippen LogP contribution in [0.4, 0.5) is 16.3 Å². The molecule has 0 fully saturated rings. The van der Waals surface area contributed by atoms with Gasteiger partial charge in [0.05, 0.1) is 12.2 Å². The van der Waals surface area contributed by atoms with Gasteiger partial charge in [-0.2, -0.15) is 0 Å². The molecule has 0 bridgehead atoms. The van der Waals surface area contributed by atoms with Gasteiger partial charge in [0.1, 0.15) is 12.4 Å². The van der Waals surface area contributed by atoms with E-state index in [0.717, 1.165) is 5.56 Å². The van der Waals surface area contributed by atoms with Crippen molar-refractivity contribution in [3.8, 4) is 0 Å². The number of rotatable bonds is 8. The number of methoxy groups -OCH3 is 1. The van der Waals surface area contributed by atoms with Crippen LogP contribution in [0.15, 0.2) is 42.6 Å².